The van der Waals surface area contributed by atoms with Gasteiger partial charge in [-0.25, -0.2) is 0 Å². The first kappa shape index (κ1) is 15.5. The summed E-state index contributed by atoms with van der Waals surface area (Å²) in [5.74, 6) is 0.604. The van der Waals surface area contributed by atoms with Crippen LogP contribution in [0.1, 0.15) is 11.4 Å². The number of aromatic nitrogens is 4. The molecule has 124 valence electrons. The summed E-state index contributed by atoms with van der Waals surface area (Å²) in [7, 11) is 3.66. The fourth-order valence-electron chi connectivity index (χ4n) is 2.67. The summed E-state index contributed by atoms with van der Waals surface area (Å²) >= 11 is 0. The molecule has 1 saturated heterocycles. The largest absolute Gasteiger partial charge is 0.482 e. The van der Waals surface area contributed by atoms with Gasteiger partial charge in [-0.05, 0) is 13.0 Å². The molecule has 0 aliphatic carbocycles. The van der Waals surface area contributed by atoms with Crippen LogP contribution in [0.2, 0.25) is 0 Å². The highest BCUT2D eigenvalue weighted by atomic mass is 16.5. The van der Waals surface area contributed by atoms with Gasteiger partial charge in [0.1, 0.15) is 6.10 Å². The van der Waals surface area contributed by atoms with Gasteiger partial charge in [0, 0.05) is 19.8 Å². The van der Waals surface area contributed by atoms with Crippen LogP contribution in [0.5, 0.6) is 5.75 Å². The van der Waals surface area contributed by atoms with Gasteiger partial charge in [-0.15, -0.1) is 0 Å². The van der Waals surface area contributed by atoms with Gasteiger partial charge >= 0.3 is 0 Å². The molecular formula is C15H21N5O3. The van der Waals surface area contributed by atoms with Crippen LogP contribution in [0.15, 0.2) is 18.5 Å². The van der Waals surface area contributed by atoms with Crippen molar-refractivity contribution in [2.75, 3.05) is 13.2 Å². The highest BCUT2D eigenvalue weighted by Gasteiger charge is 2.31. The number of aryl methyl sites for hydroxylation is 3. The number of amides is 1. The normalized spacial score (nSPS) is 20.7. The van der Waals surface area contributed by atoms with Crippen molar-refractivity contribution < 1.29 is 14.3 Å². The number of nitrogens with zero attached hydrogens (tertiary/aromatic N) is 4. The summed E-state index contributed by atoms with van der Waals surface area (Å²) in [4.78, 5) is 12.3. The number of hydrogen-bond acceptors (Lipinski definition) is 5. The number of ether oxygens (including phenoxy) is 2. The highest BCUT2D eigenvalue weighted by molar-refractivity contribution is 5.78. The van der Waals surface area contributed by atoms with Gasteiger partial charge in [-0.1, -0.05) is 0 Å². The van der Waals surface area contributed by atoms with E-state index in [1.807, 2.05) is 27.1 Å². The zero-order valence-electron chi connectivity index (χ0n) is 13.5. The van der Waals surface area contributed by atoms with Crippen LogP contribution in [-0.2, 0) is 30.0 Å². The third-order valence-corrected chi connectivity index (χ3v) is 3.78. The number of rotatable bonds is 5. The molecule has 0 spiro atoms. The molecule has 1 aliphatic rings. The Bertz CT molecular complexity index is 693. The lowest BCUT2D eigenvalue weighted by molar-refractivity contribution is -0.121. The van der Waals surface area contributed by atoms with Gasteiger partial charge in [-0.2, -0.15) is 10.2 Å². The molecule has 23 heavy (non-hydrogen) atoms. The molecule has 3 rings (SSSR count). The maximum Gasteiger partial charge on any atom is 0.226 e. The third-order valence-electron chi connectivity index (χ3n) is 3.78. The fraction of sp³-hybridized carbons (Fsp3) is 0.533. The number of hydrogen-bond donors (Lipinski definition) is 1. The molecule has 1 aliphatic heterocycles. The average Bonchev–Trinajstić information content (AvgIpc) is 3.15. The van der Waals surface area contributed by atoms with Crippen LogP contribution in [0.3, 0.4) is 0 Å². The molecule has 0 aromatic carbocycles. The summed E-state index contributed by atoms with van der Waals surface area (Å²) in [6.07, 6.45) is 3.51. The van der Waals surface area contributed by atoms with Crippen LogP contribution in [0.4, 0.5) is 0 Å². The minimum absolute atomic E-state index is 0.0664. The predicted molar refractivity (Wildman–Crippen MR) is 82.0 cm³/mol. The van der Waals surface area contributed by atoms with E-state index in [2.05, 4.69) is 15.5 Å². The molecule has 0 bridgehead atoms. The van der Waals surface area contributed by atoms with Crippen molar-refractivity contribution in [1.29, 1.82) is 0 Å². The van der Waals surface area contributed by atoms with E-state index >= 15 is 0 Å². The lowest BCUT2D eigenvalue weighted by Crippen LogP contribution is -2.45. The monoisotopic (exact) mass is 319 g/mol. The van der Waals surface area contributed by atoms with Gasteiger partial charge in [-0.3, -0.25) is 14.2 Å². The first-order valence-corrected chi connectivity index (χ1v) is 7.53. The molecular weight excluding hydrogens is 298 g/mol. The van der Waals surface area contributed by atoms with Crippen molar-refractivity contribution in [3.8, 4) is 5.75 Å². The van der Waals surface area contributed by atoms with Gasteiger partial charge in [0.05, 0.1) is 43.8 Å². The van der Waals surface area contributed by atoms with Crippen molar-refractivity contribution >= 4 is 5.91 Å². The summed E-state index contributed by atoms with van der Waals surface area (Å²) in [6.45, 7) is 2.80. The molecule has 1 N–H and O–H groups in total. The Kier molecular flexibility index (Phi) is 4.33. The molecule has 1 fully saturated rings. The minimum atomic E-state index is -0.212. The molecule has 0 unspecified atom stereocenters. The van der Waals surface area contributed by atoms with E-state index in [4.69, 9.17) is 9.47 Å². The van der Waals surface area contributed by atoms with Crippen LogP contribution >= 0.6 is 0 Å². The summed E-state index contributed by atoms with van der Waals surface area (Å²) in [6, 6.07) is 1.74. The minimum Gasteiger partial charge on any atom is -0.482 e. The Morgan fingerprint density at radius 2 is 2.30 bits per heavy atom. The van der Waals surface area contributed by atoms with Crippen LogP contribution in [0, 0.1) is 6.92 Å². The smallest absolute Gasteiger partial charge is 0.226 e. The number of carbonyl (C=O) groups excluding carboxylic acids is 1. The van der Waals surface area contributed by atoms with Gasteiger partial charge in [0.2, 0.25) is 5.91 Å². The zero-order valence-corrected chi connectivity index (χ0v) is 13.5. The lowest BCUT2D eigenvalue weighted by atomic mass is 10.2. The first-order valence-electron chi connectivity index (χ1n) is 7.53. The van der Waals surface area contributed by atoms with Gasteiger partial charge in [0.25, 0.3) is 0 Å². The van der Waals surface area contributed by atoms with E-state index < -0.39 is 0 Å². The lowest BCUT2D eigenvalue weighted by Gasteiger charge is -2.19. The second kappa shape index (κ2) is 6.41. The molecule has 2 atom stereocenters. The Balaban J connectivity index is 1.57. The Labute approximate surface area is 134 Å². The van der Waals surface area contributed by atoms with E-state index in [0.717, 1.165) is 11.4 Å². The van der Waals surface area contributed by atoms with E-state index in [1.165, 1.54) is 0 Å². The standard InChI is InChI=1S/C15H21N5O3/c1-10-4-11(20(3)18-10)5-15(21)17-13-8-22-9-14(13)23-12-6-16-19(2)7-12/h4,6-7,13-14H,5,8-9H2,1-3H3,(H,17,21)/t13-,14+/m0/s1. The van der Waals surface area contributed by atoms with Gasteiger partial charge in [0.15, 0.2) is 5.75 Å². The number of carbonyl (C=O) groups is 1. The molecule has 3 heterocycles. The Hall–Kier alpha value is -2.35. The Morgan fingerprint density at radius 3 is 2.96 bits per heavy atom. The average molecular weight is 319 g/mol. The Morgan fingerprint density at radius 1 is 1.48 bits per heavy atom. The highest BCUT2D eigenvalue weighted by Crippen LogP contribution is 2.16. The van der Waals surface area contributed by atoms with Crippen LogP contribution in [-0.4, -0.2) is 50.8 Å². The van der Waals surface area contributed by atoms with Crippen molar-refractivity contribution in [2.45, 2.75) is 25.5 Å². The third kappa shape index (κ3) is 3.70. The SMILES string of the molecule is Cc1cc(CC(=O)N[C@H]2COC[C@H]2Oc2cnn(C)c2)n(C)n1. The molecule has 8 nitrogen and oxygen atoms in total. The van der Waals surface area contributed by atoms with E-state index in [-0.39, 0.29) is 24.5 Å². The quantitative estimate of drug-likeness (QED) is 0.836. The first-order chi connectivity index (χ1) is 11.0. The molecule has 1 amide bonds. The topological polar surface area (TPSA) is 83.2 Å². The summed E-state index contributed by atoms with van der Waals surface area (Å²) in [5.41, 5.74) is 1.78. The molecule has 0 saturated carbocycles. The van der Waals surface area contributed by atoms with Crippen LogP contribution < -0.4 is 10.1 Å². The van der Waals surface area contributed by atoms with Crippen molar-refractivity contribution in [1.82, 2.24) is 24.9 Å². The molecule has 0 radical (unpaired) electrons. The fourth-order valence-corrected chi connectivity index (χ4v) is 2.67. The zero-order chi connectivity index (χ0) is 16.4. The molecule has 2 aromatic heterocycles. The number of nitrogens with one attached hydrogen (secondary N) is 1. The maximum atomic E-state index is 12.3. The maximum absolute atomic E-state index is 12.3. The van der Waals surface area contributed by atoms with E-state index in [1.54, 1.807) is 21.8 Å². The van der Waals surface area contributed by atoms with Crippen LogP contribution in [0.25, 0.3) is 0 Å². The second-order valence-electron chi connectivity index (χ2n) is 5.79. The van der Waals surface area contributed by atoms with E-state index in [0.29, 0.717) is 19.0 Å². The van der Waals surface area contributed by atoms with Crippen molar-refractivity contribution in [2.24, 2.45) is 14.1 Å². The predicted octanol–water partition coefficient (Wildman–Crippen LogP) is -0.0329. The summed E-state index contributed by atoms with van der Waals surface area (Å²) < 4.78 is 14.7. The molecule has 8 heteroatoms. The van der Waals surface area contributed by atoms with Crippen molar-refractivity contribution in [3.05, 3.63) is 29.8 Å². The second-order valence-corrected chi connectivity index (χ2v) is 5.79. The molecule has 2 aromatic rings. The summed E-state index contributed by atoms with van der Waals surface area (Å²) in [5, 5.41) is 11.3. The van der Waals surface area contributed by atoms with E-state index in [9.17, 15) is 4.79 Å². The van der Waals surface area contributed by atoms with Crippen molar-refractivity contribution in [3.63, 3.8) is 0 Å². The van der Waals surface area contributed by atoms with Gasteiger partial charge < -0.3 is 14.8 Å².